The molecule has 2 unspecified atom stereocenters. The minimum Gasteiger partial charge on any atom is -0.497 e. The van der Waals surface area contributed by atoms with Crippen molar-refractivity contribution in [3.8, 4) is 5.75 Å². The fourth-order valence-electron chi connectivity index (χ4n) is 3.11. The summed E-state index contributed by atoms with van der Waals surface area (Å²) >= 11 is 0. The number of rotatable bonds is 4. The van der Waals surface area contributed by atoms with Gasteiger partial charge in [-0.3, -0.25) is 4.79 Å². The third-order valence-electron chi connectivity index (χ3n) is 4.77. The summed E-state index contributed by atoms with van der Waals surface area (Å²) in [6.07, 6.45) is 1.59. The summed E-state index contributed by atoms with van der Waals surface area (Å²) < 4.78 is 5.18. The molecule has 1 fully saturated rings. The van der Waals surface area contributed by atoms with Crippen LogP contribution in [0.25, 0.3) is 0 Å². The van der Waals surface area contributed by atoms with Crippen LogP contribution in [0.1, 0.15) is 39.2 Å². The molecule has 1 amide bonds. The van der Waals surface area contributed by atoms with E-state index in [4.69, 9.17) is 4.74 Å². The van der Waals surface area contributed by atoms with Crippen molar-refractivity contribution in [2.24, 2.45) is 5.92 Å². The lowest BCUT2D eigenvalue weighted by molar-refractivity contribution is -0.139. The van der Waals surface area contributed by atoms with Gasteiger partial charge in [-0.2, -0.15) is 0 Å². The molecule has 2 rings (SSSR count). The van der Waals surface area contributed by atoms with E-state index >= 15 is 0 Å². The first-order chi connectivity index (χ1) is 10.4. The number of aliphatic hydroxyl groups is 1. The Morgan fingerprint density at radius 2 is 2.00 bits per heavy atom. The van der Waals surface area contributed by atoms with Gasteiger partial charge in [0.15, 0.2) is 0 Å². The van der Waals surface area contributed by atoms with Crippen molar-refractivity contribution < 1.29 is 14.6 Å². The zero-order valence-corrected chi connectivity index (χ0v) is 14.0. The number of piperidine rings is 1. The Bertz CT molecular complexity index is 508. The van der Waals surface area contributed by atoms with Crippen LogP contribution in [0.2, 0.25) is 0 Å². The lowest BCUT2D eigenvalue weighted by Gasteiger charge is -2.38. The number of methoxy groups -OCH3 is 1. The topological polar surface area (TPSA) is 49.8 Å². The highest BCUT2D eigenvalue weighted by Crippen LogP contribution is 2.30. The maximum Gasteiger partial charge on any atom is 0.232 e. The molecule has 0 aromatic heterocycles. The summed E-state index contributed by atoms with van der Waals surface area (Å²) in [5.41, 5.74) is 0.407. The van der Waals surface area contributed by atoms with Crippen LogP contribution in [0.5, 0.6) is 5.75 Å². The molecule has 4 heteroatoms. The molecule has 0 saturated carbocycles. The van der Waals surface area contributed by atoms with E-state index in [-0.39, 0.29) is 17.9 Å². The molecule has 4 nitrogen and oxygen atoms in total. The highest BCUT2D eigenvalue weighted by atomic mass is 16.5. The van der Waals surface area contributed by atoms with Gasteiger partial charge in [0.25, 0.3) is 0 Å². The molecule has 0 aliphatic carbocycles. The van der Waals surface area contributed by atoms with Crippen molar-refractivity contribution in [3.63, 3.8) is 0 Å². The summed E-state index contributed by atoms with van der Waals surface area (Å²) in [6.45, 7) is 7.16. The zero-order valence-electron chi connectivity index (χ0n) is 14.0. The van der Waals surface area contributed by atoms with Gasteiger partial charge >= 0.3 is 0 Å². The quantitative estimate of drug-likeness (QED) is 0.930. The van der Waals surface area contributed by atoms with E-state index in [2.05, 4.69) is 0 Å². The number of carbonyl (C=O) groups is 1. The third-order valence-corrected chi connectivity index (χ3v) is 4.77. The van der Waals surface area contributed by atoms with Crippen LogP contribution in [0.15, 0.2) is 24.3 Å². The Morgan fingerprint density at radius 3 is 2.55 bits per heavy atom. The molecule has 1 aromatic rings. The molecule has 0 spiro atoms. The standard InChI is InChI=1S/C18H27NO3/c1-13(20)14-6-5-11-19(12-14)17(21)18(2,3)15-7-9-16(22-4)10-8-15/h7-10,13-14,20H,5-6,11-12H2,1-4H3. The number of nitrogens with zero attached hydrogens (tertiary/aromatic N) is 1. The molecular formula is C18H27NO3. The van der Waals surface area contributed by atoms with Crippen LogP contribution < -0.4 is 4.74 Å². The Labute approximate surface area is 133 Å². The first-order valence-corrected chi connectivity index (χ1v) is 7.98. The maximum absolute atomic E-state index is 13.0. The second kappa shape index (κ2) is 6.69. The molecule has 122 valence electrons. The highest BCUT2D eigenvalue weighted by Gasteiger charge is 2.36. The van der Waals surface area contributed by atoms with Crippen LogP contribution in [-0.2, 0) is 10.2 Å². The Hall–Kier alpha value is -1.55. The highest BCUT2D eigenvalue weighted by molar-refractivity contribution is 5.87. The summed E-state index contributed by atoms with van der Waals surface area (Å²) in [7, 11) is 1.63. The minimum absolute atomic E-state index is 0.128. The Kier molecular flexibility index (Phi) is 5.12. The number of benzene rings is 1. The molecular weight excluding hydrogens is 278 g/mol. The molecule has 22 heavy (non-hydrogen) atoms. The van der Waals surface area contributed by atoms with Crippen molar-refractivity contribution in [2.45, 2.75) is 45.1 Å². The van der Waals surface area contributed by atoms with Crippen LogP contribution in [-0.4, -0.2) is 42.2 Å². The molecule has 1 heterocycles. The largest absolute Gasteiger partial charge is 0.497 e. The van der Waals surface area contributed by atoms with Crippen molar-refractivity contribution in [3.05, 3.63) is 29.8 Å². The fourth-order valence-corrected chi connectivity index (χ4v) is 3.11. The van der Waals surface area contributed by atoms with E-state index in [0.717, 1.165) is 30.7 Å². The van der Waals surface area contributed by atoms with Crippen molar-refractivity contribution in [1.29, 1.82) is 0 Å². The van der Waals surface area contributed by atoms with Crippen LogP contribution in [0, 0.1) is 5.92 Å². The number of hydrogen-bond donors (Lipinski definition) is 1. The molecule has 0 radical (unpaired) electrons. The molecule has 0 bridgehead atoms. The monoisotopic (exact) mass is 305 g/mol. The van der Waals surface area contributed by atoms with Gasteiger partial charge in [-0.15, -0.1) is 0 Å². The van der Waals surface area contributed by atoms with Crippen LogP contribution >= 0.6 is 0 Å². The lowest BCUT2D eigenvalue weighted by atomic mass is 9.82. The second-order valence-electron chi connectivity index (χ2n) is 6.75. The average Bonchev–Trinajstić information content (AvgIpc) is 2.54. The molecule has 2 atom stereocenters. The SMILES string of the molecule is COc1ccc(C(C)(C)C(=O)N2CCCC(C(C)O)C2)cc1. The normalized spacial score (nSPS) is 20.6. The van der Waals surface area contributed by atoms with Gasteiger partial charge in [0.1, 0.15) is 5.75 Å². The third kappa shape index (κ3) is 3.43. The van der Waals surface area contributed by atoms with Crippen molar-refractivity contribution in [2.75, 3.05) is 20.2 Å². The smallest absolute Gasteiger partial charge is 0.232 e. The van der Waals surface area contributed by atoms with Gasteiger partial charge in [0.05, 0.1) is 18.6 Å². The van der Waals surface area contributed by atoms with Crippen LogP contribution in [0.3, 0.4) is 0 Å². The summed E-state index contributed by atoms with van der Waals surface area (Å²) in [5, 5.41) is 9.80. The number of carbonyl (C=O) groups excluding carboxylic acids is 1. The molecule has 1 aliphatic rings. The average molecular weight is 305 g/mol. The second-order valence-corrected chi connectivity index (χ2v) is 6.75. The van der Waals surface area contributed by atoms with Gasteiger partial charge in [-0.05, 0) is 51.3 Å². The zero-order chi connectivity index (χ0) is 16.3. The van der Waals surface area contributed by atoms with Gasteiger partial charge < -0.3 is 14.7 Å². The van der Waals surface area contributed by atoms with Crippen LogP contribution in [0.4, 0.5) is 0 Å². The van der Waals surface area contributed by atoms with E-state index in [1.54, 1.807) is 7.11 Å². The first kappa shape index (κ1) is 16.8. The number of amides is 1. The number of ether oxygens (including phenoxy) is 1. The van der Waals surface area contributed by atoms with E-state index in [1.807, 2.05) is 49.9 Å². The minimum atomic E-state index is -0.577. The predicted octanol–water partition coefficient (Wildman–Crippen LogP) is 2.59. The number of likely N-dealkylation sites (tertiary alicyclic amines) is 1. The van der Waals surface area contributed by atoms with Crippen molar-refractivity contribution in [1.82, 2.24) is 4.90 Å². The van der Waals surface area contributed by atoms with E-state index in [0.29, 0.717) is 6.54 Å². The Morgan fingerprint density at radius 1 is 1.36 bits per heavy atom. The summed E-state index contributed by atoms with van der Waals surface area (Å²) in [6, 6.07) is 7.68. The maximum atomic E-state index is 13.0. The van der Waals surface area contributed by atoms with Crippen molar-refractivity contribution >= 4 is 5.91 Å². The van der Waals surface area contributed by atoms with E-state index < -0.39 is 5.41 Å². The van der Waals surface area contributed by atoms with Gasteiger partial charge in [-0.25, -0.2) is 0 Å². The van der Waals surface area contributed by atoms with Gasteiger partial charge in [0.2, 0.25) is 5.91 Å². The fraction of sp³-hybridized carbons (Fsp3) is 0.611. The number of hydrogen-bond acceptors (Lipinski definition) is 3. The van der Waals surface area contributed by atoms with Gasteiger partial charge in [0, 0.05) is 19.0 Å². The molecule has 1 aromatic carbocycles. The lowest BCUT2D eigenvalue weighted by Crippen LogP contribution is -2.49. The predicted molar refractivity (Wildman–Crippen MR) is 87.0 cm³/mol. The van der Waals surface area contributed by atoms with E-state index in [1.165, 1.54) is 0 Å². The first-order valence-electron chi connectivity index (χ1n) is 7.98. The summed E-state index contributed by atoms with van der Waals surface area (Å²) in [5.74, 6) is 1.10. The molecule has 1 saturated heterocycles. The Balaban J connectivity index is 2.15. The van der Waals surface area contributed by atoms with Gasteiger partial charge in [-0.1, -0.05) is 12.1 Å². The number of aliphatic hydroxyl groups excluding tert-OH is 1. The summed E-state index contributed by atoms with van der Waals surface area (Å²) in [4.78, 5) is 14.9. The molecule has 1 N–H and O–H groups in total. The molecule has 1 aliphatic heterocycles. The van der Waals surface area contributed by atoms with E-state index in [9.17, 15) is 9.90 Å².